The number of anilines is 1. The van der Waals surface area contributed by atoms with E-state index in [4.69, 9.17) is 11.6 Å². The van der Waals surface area contributed by atoms with Gasteiger partial charge in [-0.25, -0.2) is 8.42 Å². The molecule has 0 aliphatic heterocycles. The molecule has 7 nitrogen and oxygen atoms in total. The third-order valence-electron chi connectivity index (χ3n) is 7.22. The van der Waals surface area contributed by atoms with Gasteiger partial charge in [-0.2, -0.15) is 0 Å². The molecule has 0 heterocycles. The smallest absolute Gasteiger partial charge is 0.264 e. The molecule has 0 radical (unpaired) electrons. The Bertz CT molecular complexity index is 1680. The van der Waals surface area contributed by atoms with Crippen molar-refractivity contribution in [1.82, 2.24) is 10.2 Å². The van der Waals surface area contributed by atoms with Gasteiger partial charge in [0.05, 0.1) is 10.6 Å². The van der Waals surface area contributed by atoms with E-state index in [1.807, 2.05) is 57.4 Å². The quantitative estimate of drug-likeness (QED) is 0.160. The number of hydrogen-bond acceptors (Lipinski definition) is 5. The van der Waals surface area contributed by atoms with Crippen LogP contribution >= 0.6 is 23.4 Å². The molecule has 4 aromatic carbocycles. The van der Waals surface area contributed by atoms with Gasteiger partial charge in [0.25, 0.3) is 10.0 Å². The third kappa shape index (κ3) is 9.12. The molecule has 0 saturated heterocycles. The Morgan fingerprint density at radius 1 is 0.844 bits per heavy atom. The van der Waals surface area contributed by atoms with E-state index >= 15 is 0 Å². The van der Waals surface area contributed by atoms with Crippen LogP contribution < -0.4 is 9.62 Å². The Kier molecular flexibility index (Phi) is 11.7. The Morgan fingerprint density at radius 3 is 2.04 bits per heavy atom. The summed E-state index contributed by atoms with van der Waals surface area (Å²) in [5.41, 5.74) is 2.91. The van der Waals surface area contributed by atoms with Crippen LogP contribution in [-0.4, -0.2) is 50.0 Å². The van der Waals surface area contributed by atoms with Gasteiger partial charge < -0.3 is 10.2 Å². The van der Waals surface area contributed by atoms with Gasteiger partial charge in [-0.05, 0) is 86.7 Å². The molecular formula is C35H38ClN3O4S2. The highest BCUT2D eigenvalue weighted by Gasteiger charge is 2.34. The van der Waals surface area contributed by atoms with Gasteiger partial charge in [0.2, 0.25) is 11.8 Å². The first-order valence-corrected chi connectivity index (χ1v) is 17.6. The van der Waals surface area contributed by atoms with Crippen LogP contribution in [0.25, 0.3) is 0 Å². The Hall–Kier alpha value is -3.79. The molecule has 2 amide bonds. The van der Waals surface area contributed by atoms with Gasteiger partial charge >= 0.3 is 0 Å². The zero-order valence-corrected chi connectivity index (χ0v) is 28.2. The summed E-state index contributed by atoms with van der Waals surface area (Å²) in [4.78, 5) is 30.7. The second-order valence-corrected chi connectivity index (χ2v) is 14.2. The fourth-order valence-electron chi connectivity index (χ4n) is 4.84. The number of thioether (sulfide) groups is 1. The first kappa shape index (κ1) is 34.1. The minimum Gasteiger partial charge on any atom is -0.352 e. The summed E-state index contributed by atoms with van der Waals surface area (Å²) in [7, 11) is -4.16. The molecule has 10 heteroatoms. The maximum absolute atomic E-state index is 14.5. The van der Waals surface area contributed by atoms with Crippen molar-refractivity contribution in [2.24, 2.45) is 0 Å². The lowest BCUT2D eigenvalue weighted by Crippen LogP contribution is -2.54. The normalized spacial score (nSPS) is 12.0. The van der Waals surface area contributed by atoms with Crippen LogP contribution in [0.5, 0.6) is 0 Å². The molecule has 0 aliphatic carbocycles. The number of carbonyl (C=O) groups is 2. The molecular weight excluding hydrogens is 626 g/mol. The molecule has 45 heavy (non-hydrogen) atoms. The van der Waals surface area contributed by atoms with Crippen LogP contribution in [0.15, 0.2) is 113 Å². The maximum Gasteiger partial charge on any atom is 0.264 e. The van der Waals surface area contributed by atoms with E-state index in [-0.39, 0.29) is 29.8 Å². The molecule has 1 atom stereocenters. The van der Waals surface area contributed by atoms with Crippen molar-refractivity contribution in [2.45, 2.75) is 55.6 Å². The Balaban J connectivity index is 1.79. The molecule has 0 saturated carbocycles. The largest absolute Gasteiger partial charge is 0.352 e. The average Bonchev–Trinajstić information content (AvgIpc) is 3.03. The molecule has 4 rings (SSSR count). The number of halogens is 1. The summed E-state index contributed by atoms with van der Waals surface area (Å²) in [6.45, 7) is 5.19. The number of carbonyl (C=O) groups excluding carboxylic acids is 2. The van der Waals surface area contributed by atoms with Gasteiger partial charge in [0.1, 0.15) is 12.6 Å². The Morgan fingerprint density at radius 2 is 1.47 bits per heavy atom. The average molecular weight is 664 g/mol. The van der Waals surface area contributed by atoms with Crippen molar-refractivity contribution < 1.29 is 18.0 Å². The summed E-state index contributed by atoms with van der Waals surface area (Å²) in [5.74, 6) is -0.844. The first-order chi connectivity index (χ1) is 21.5. The van der Waals surface area contributed by atoms with Gasteiger partial charge in [-0.3, -0.25) is 13.9 Å². The maximum atomic E-state index is 14.5. The topological polar surface area (TPSA) is 86.8 Å². The summed E-state index contributed by atoms with van der Waals surface area (Å²) < 4.78 is 29.5. The highest BCUT2D eigenvalue weighted by Crippen LogP contribution is 2.27. The number of hydrogen-bond donors (Lipinski definition) is 1. The lowest BCUT2D eigenvalue weighted by molar-refractivity contribution is -0.140. The van der Waals surface area contributed by atoms with Crippen molar-refractivity contribution >= 4 is 50.9 Å². The van der Waals surface area contributed by atoms with Crippen molar-refractivity contribution in [3.8, 4) is 0 Å². The molecule has 236 valence electrons. The number of rotatable bonds is 13. The summed E-state index contributed by atoms with van der Waals surface area (Å²) in [6.07, 6.45) is 2.16. The number of nitrogens with zero attached hydrogens (tertiary/aromatic N) is 2. The lowest BCUT2D eigenvalue weighted by atomic mass is 10.0. The zero-order valence-electron chi connectivity index (χ0n) is 25.8. The predicted molar refractivity (Wildman–Crippen MR) is 183 cm³/mol. The highest BCUT2D eigenvalue weighted by molar-refractivity contribution is 7.98. The lowest BCUT2D eigenvalue weighted by Gasteiger charge is -2.34. The minimum atomic E-state index is -4.16. The van der Waals surface area contributed by atoms with Crippen LogP contribution in [0.1, 0.15) is 30.5 Å². The van der Waals surface area contributed by atoms with E-state index in [9.17, 15) is 18.0 Å². The van der Waals surface area contributed by atoms with Gasteiger partial charge in [-0.1, -0.05) is 71.8 Å². The SMILES string of the molecule is CSc1ccc(S(=O)(=O)N(CC(=O)N(Cc2ccc(Cl)cc2)[C@@H](Cc2ccccc2)C(=O)NC(C)C)c2ccc(C)cc2)cc1. The van der Waals surface area contributed by atoms with Crippen molar-refractivity contribution in [3.05, 3.63) is 125 Å². The molecule has 0 aliphatic rings. The third-order valence-corrected chi connectivity index (χ3v) is 10.0. The van der Waals surface area contributed by atoms with Crippen LogP contribution in [0.3, 0.4) is 0 Å². The van der Waals surface area contributed by atoms with E-state index in [0.29, 0.717) is 10.7 Å². The predicted octanol–water partition coefficient (Wildman–Crippen LogP) is 6.73. The van der Waals surface area contributed by atoms with E-state index in [2.05, 4.69) is 5.32 Å². The number of nitrogens with one attached hydrogen (secondary N) is 1. The van der Waals surface area contributed by atoms with Gasteiger partial charge in [0, 0.05) is 28.9 Å². The van der Waals surface area contributed by atoms with E-state index in [1.54, 1.807) is 72.8 Å². The molecule has 1 N–H and O–H groups in total. The van der Waals surface area contributed by atoms with Crippen molar-refractivity contribution in [3.63, 3.8) is 0 Å². The summed E-state index contributed by atoms with van der Waals surface area (Å²) in [6, 6.07) is 29.0. The molecule has 4 aromatic rings. The van der Waals surface area contributed by atoms with Gasteiger partial charge in [0.15, 0.2) is 0 Å². The van der Waals surface area contributed by atoms with Gasteiger partial charge in [-0.15, -0.1) is 11.8 Å². The van der Waals surface area contributed by atoms with Crippen LogP contribution in [0.4, 0.5) is 5.69 Å². The number of benzene rings is 4. The minimum absolute atomic E-state index is 0.0660. The monoisotopic (exact) mass is 663 g/mol. The zero-order chi connectivity index (χ0) is 32.6. The number of amides is 2. The van der Waals surface area contributed by atoms with Crippen molar-refractivity contribution in [1.29, 1.82) is 0 Å². The second-order valence-electron chi connectivity index (χ2n) is 11.0. The molecule has 0 aromatic heterocycles. The van der Waals surface area contributed by atoms with E-state index in [1.165, 1.54) is 16.7 Å². The summed E-state index contributed by atoms with van der Waals surface area (Å²) in [5, 5.41) is 3.50. The molecule has 0 fully saturated rings. The molecule has 0 unspecified atom stereocenters. The standard InChI is InChI=1S/C35H38ClN3O4S2/c1-25(2)37-35(41)33(22-27-8-6-5-7-9-27)38(23-28-12-14-29(36)15-13-28)34(40)24-39(30-16-10-26(3)11-17-30)45(42,43)32-20-18-31(44-4)19-21-32/h5-21,25,33H,22-24H2,1-4H3,(H,37,41)/t33-/m0/s1. The van der Waals surface area contributed by atoms with E-state index in [0.717, 1.165) is 25.9 Å². The first-order valence-electron chi connectivity index (χ1n) is 14.6. The van der Waals surface area contributed by atoms with Crippen LogP contribution in [0, 0.1) is 6.92 Å². The number of sulfonamides is 1. The molecule has 0 spiro atoms. The van der Waals surface area contributed by atoms with Crippen molar-refractivity contribution in [2.75, 3.05) is 17.1 Å². The van der Waals surface area contributed by atoms with E-state index < -0.39 is 28.5 Å². The highest BCUT2D eigenvalue weighted by atomic mass is 35.5. The van der Waals surface area contributed by atoms with Crippen LogP contribution in [0.2, 0.25) is 5.02 Å². The fourth-order valence-corrected chi connectivity index (χ4v) is 6.78. The Labute approximate surface area is 275 Å². The summed E-state index contributed by atoms with van der Waals surface area (Å²) >= 11 is 7.65. The fraction of sp³-hybridized carbons (Fsp3) is 0.257. The number of aryl methyl sites for hydroxylation is 1. The molecule has 0 bridgehead atoms. The van der Waals surface area contributed by atoms with Crippen LogP contribution in [-0.2, 0) is 32.6 Å². The second kappa shape index (κ2) is 15.5.